The van der Waals surface area contributed by atoms with E-state index in [1.54, 1.807) is 30.3 Å². The largest absolute Gasteiger partial charge is 0.490 e. The zero-order valence-electron chi connectivity index (χ0n) is 30.3. The van der Waals surface area contributed by atoms with E-state index in [1.807, 2.05) is 30.3 Å². The van der Waals surface area contributed by atoms with E-state index in [9.17, 15) is 24.0 Å². The first-order valence-electron chi connectivity index (χ1n) is 18.6. The summed E-state index contributed by atoms with van der Waals surface area (Å²) in [6, 6.07) is 19.8. The van der Waals surface area contributed by atoms with Crippen LogP contribution in [-0.2, 0) is 16.0 Å². The van der Waals surface area contributed by atoms with Gasteiger partial charge in [0.05, 0.1) is 27.8 Å². The summed E-state index contributed by atoms with van der Waals surface area (Å²) >= 11 is 6.15. The highest BCUT2D eigenvalue weighted by molar-refractivity contribution is 6.31. The number of amides is 5. The number of carbonyl (C=O) groups excluding carboxylic acids is 5. The van der Waals surface area contributed by atoms with Gasteiger partial charge >= 0.3 is 0 Å². The molecule has 2 N–H and O–H groups in total. The molecule has 0 radical (unpaired) electrons. The van der Waals surface area contributed by atoms with E-state index in [1.165, 1.54) is 0 Å². The van der Waals surface area contributed by atoms with Gasteiger partial charge in [0.25, 0.3) is 17.7 Å². The predicted octanol–water partition coefficient (Wildman–Crippen LogP) is 4.87. The number of carbonyl (C=O) groups is 5. The van der Waals surface area contributed by atoms with Gasteiger partial charge in [-0.2, -0.15) is 5.26 Å². The maximum absolute atomic E-state index is 13.4. The smallest absolute Gasteiger partial charge is 0.262 e. The van der Waals surface area contributed by atoms with Gasteiger partial charge in [0.15, 0.2) is 0 Å². The molecule has 12 nitrogen and oxygen atoms in total. The lowest BCUT2D eigenvalue weighted by Gasteiger charge is -2.45. The highest BCUT2D eigenvalue weighted by atomic mass is 35.5. The number of nitrogens with zero attached hydrogens (tertiary/aromatic N) is 4. The fourth-order valence-electron chi connectivity index (χ4n) is 8.19. The number of hydrogen-bond acceptors (Lipinski definition) is 9. The summed E-state index contributed by atoms with van der Waals surface area (Å²) in [6.45, 7) is 6.69. The average molecular weight is 751 g/mol. The number of nitrogens with one attached hydrogen (secondary N) is 2. The number of anilines is 1. The molecule has 1 unspecified atom stereocenters. The molecule has 54 heavy (non-hydrogen) atoms. The molecule has 1 saturated carbocycles. The second kappa shape index (κ2) is 15.6. The Hall–Kier alpha value is -5.25. The van der Waals surface area contributed by atoms with Crippen LogP contribution in [0.3, 0.4) is 0 Å². The van der Waals surface area contributed by atoms with Crippen LogP contribution in [0.15, 0.2) is 60.7 Å². The highest BCUT2D eigenvalue weighted by Crippen LogP contribution is 2.32. The molecular formula is C41H43ClN6O6. The molecule has 0 bridgehead atoms. The molecule has 0 aromatic heterocycles. The molecule has 0 spiro atoms. The minimum absolute atomic E-state index is 0.0337. The average Bonchev–Trinajstić information content (AvgIpc) is 3.40. The van der Waals surface area contributed by atoms with Crippen molar-refractivity contribution in [2.75, 3.05) is 24.5 Å². The van der Waals surface area contributed by atoms with Crippen LogP contribution in [0, 0.1) is 11.3 Å². The second-order valence-electron chi connectivity index (χ2n) is 14.8. The lowest BCUT2D eigenvalue weighted by Crippen LogP contribution is -2.57. The molecule has 3 atom stereocenters. The van der Waals surface area contributed by atoms with Crippen LogP contribution in [0.5, 0.6) is 5.75 Å². The van der Waals surface area contributed by atoms with E-state index in [0.29, 0.717) is 21.9 Å². The van der Waals surface area contributed by atoms with Gasteiger partial charge in [0.1, 0.15) is 17.9 Å². The van der Waals surface area contributed by atoms with Crippen molar-refractivity contribution in [3.8, 4) is 11.8 Å². The van der Waals surface area contributed by atoms with Crippen LogP contribution < -0.4 is 20.3 Å². The van der Waals surface area contributed by atoms with Crippen molar-refractivity contribution in [3.63, 3.8) is 0 Å². The van der Waals surface area contributed by atoms with E-state index < -0.39 is 29.7 Å². The summed E-state index contributed by atoms with van der Waals surface area (Å²) in [6.07, 6.45) is 4.32. The summed E-state index contributed by atoms with van der Waals surface area (Å²) in [5, 5.41) is 14.9. The first kappa shape index (κ1) is 37.1. The van der Waals surface area contributed by atoms with Crippen LogP contribution in [-0.4, -0.2) is 89.2 Å². The first-order chi connectivity index (χ1) is 26.0. The maximum Gasteiger partial charge on any atom is 0.262 e. The molecule has 13 heteroatoms. The van der Waals surface area contributed by atoms with Gasteiger partial charge in [0.2, 0.25) is 11.8 Å². The first-order valence-corrected chi connectivity index (χ1v) is 19.0. The number of fused-ring (bicyclic) bond motifs is 1. The summed E-state index contributed by atoms with van der Waals surface area (Å²) in [5.74, 6) is -1.46. The number of benzene rings is 3. The van der Waals surface area contributed by atoms with E-state index >= 15 is 0 Å². The van der Waals surface area contributed by atoms with Crippen molar-refractivity contribution < 1.29 is 28.7 Å². The minimum atomic E-state index is -0.990. The van der Waals surface area contributed by atoms with Crippen molar-refractivity contribution in [3.05, 3.63) is 93.5 Å². The molecule has 3 fully saturated rings. The zero-order chi connectivity index (χ0) is 38.1. The molecule has 1 aliphatic carbocycles. The van der Waals surface area contributed by atoms with Crippen LogP contribution in [0.4, 0.5) is 5.69 Å². The van der Waals surface area contributed by atoms with Gasteiger partial charge in [-0.3, -0.25) is 39.1 Å². The molecule has 280 valence electrons. The number of rotatable bonds is 9. The van der Waals surface area contributed by atoms with Crippen molar-refractivity contribution >= 4 is 46.8 Å². The molecule has 5 amide bonds. The quantitative estimate of drug-likeness (QED) is 0.292. The third-order valence-corrected chi connectivity index (χ3v) is 11.5. The van der Waals surface area contributed by atoms with Crippen molar-refractivity contribution in [1.29, 1.82) is 5.26 Å². The third kappa shape index (κ3) is 7.70. The van der Waals surface area contributed by atoms with Crippen LogP contribution in [0.2, 0.25) is 5.02 Å². The van der Waals surface area contributed by atoms with E-state index in [0.717, 1.165) is 67.9 Å². The predicted molar refractivity (Wildman–Crippen MR) is 201 cm³/mol. The Kier molecular flexibility index (Phi) is 10.7. The molecule has 7 rings (SSSR count). The number of ether oxygens (including phenoxy) is 1. The fourth-order valence-corrected chi connectivity index (χ4v) is 8.40. The van der Waals surface area contributed by atoms with E-state index in [2.05, 4.69) is 40.4 Å². The standard InChI is InChI=1S/C41H43ClN6O6/c1-24-22-46(30-10-14-33-34(19-30)41(53)48(40(33)52)36-15-16-37(49)45-39(36)51)23-25(2)47(24)18-17-26-3-5-27(6-4-26)38(50)44-29-8-12-31(13-9-29)54-32-11-7-28(21-43)35(42)20-32/h3-7,10-11,14,19-20,24-25,29,31,36H,8-9,12-13,15-18,22-23H2,1-2H3,(H,44,50)(H,45,49,51)/t24-,25-,29-,31-,36?/m1/s1. The number of piperidine rings is 1. The number of nitriles is 1. The Labute approximate surface area is 319 Å². The van der Waals surface area contributed by atoms with E-state index in [4.69, 9.17) is 21.6 Å². The zero-order valence-corrected chi connectivity index (χ0v) is 31.1. The minimum Gasteiger partial charge on any atom is -0.490 e. The number of hydrogen-bond donors (Lipinski definition) is 2. The van der Waals surface area contributed by atoms with Gasteiger partial charge in [-0.15, -0.1) is 0 Å². The highest BCUT2D eigenvalue weighted by Gasteiger charge is 2.45. The molecule has 3 aromatic rings. The second-order valence-corrected chi connectivity index (χ2v) is 15.2. The summed E-state index contributed by atoms with van der Waals surface area (Å²) < 4.78 is 6.09. The lowest BCUT2D eigenvalue weighted by atomic mass is 9.92. The Bertz CT molecular complexity index is 2010. The molecule has 4 aliphatic rings. The van der Waals surface area contributed by atoms with Crippen molar-refractivity contribution in [2.45, 2.75) is 89.1 Å². The summed E-state index contributed by atoms with van der Waals surface area (Å²) in [4.78, 5) is 69.4. The topological polar surface area (TPSA) is 152 Å². The van der Waals surface area contributed by atoms with Crippen molar-refractivity contribution in [1.82, 2.24) is 20.4 Å². The van der Waals surface area contributed by atoms with E-state index in [-0.39, 0.29) is 54.1 Å². The summed E-state index contributed by atoms with van der Waals surface area (Å²) in [7, 11) is 0. The number of piperazine rings is 1. The Balaban J connectivity index is 0.878. The Morgan fingerprint density at radius 3 is 2.28 bits per heavy atom. The molecule has 3 heterocycles. The van der Waals surface area contributed by atoms with Crippen molar-refractivity contribution in [2.24, 2.45) is 0 Å². The fraction of sp³-hybridized carbons (Fsp3) is 0.415. The Morgan fingerprint density at radius 1 is 0.907 bits per heavy atom. The van der Waals surface area contributed by atoms with Gasteiger partial charge in [-0.25, -0.2) is 0 Å². The normalized spacial score (nSPS) is 24.5. The Morgan fingerprint density at radius 2 is 1.61 bits per heavy atom. The van der Waals surface area contributed by atoms with Gasteiger partial charge in [0, 0.05) is 61.5 Å². The third-order valence-electron chi connectivity index (χ3n) is 11.1. The molecular weight excluding hydrogens is 708 g/mol. The van der Waals surface area contributed by atoms with Gasteiger partial charge in [-0.05, 0) is 100 Å². The SMILES string of the molecule is C[C@@H]1CN(c2ccc3c(c2)C(=O)N(C2CCC(=O)NC2=O)C3=O)C[C@@H](C)N1CCc1ccc(C(=O)N[C@H]2CC[C@H](Oc3ccc(C#N)c(Cl)c3)CC2)cc1. The monoisotopic (exact) mass is 750 g/mol. The summed E-state index contributed by atoms with van der Waals surface area (Å²) in [5.41, 5.74) is 3.61. The molecule has 3 aliphatic heterocycles. The van der Waals surface area contributed by atoms with Crippen LogP contribution >= 0.6 is 11.6 Å². The number of imide groups is 2. The van der Waals surface area contributed by atoms with Gasteiger partial charge in [-0.1, -0.05) is 23.7 Å². The molecule has 3 aromatic carbocycles. The lowest BCUT2D eigenvalue weighted by molar-refractivity contribution is -0.136. The molecule has 2 saturated heterocycles. The van der Waals surface area contributed by atoms with Gasteiger partial charge < -0.3 is 15.0 Å². The van der Waals surface area contributed by atoms with Crippen LogP contribution in [0.25, 0.3) is 0 Å². The number of halogens is 1. The maximum atomic E-state index is 13.4. The van der Waals surface area contributed by atoms with Crippen LogP contribution in [0.1, 0.15) is 94.6 Å².